The predicted octanol–water partition coefficient (Wildman–Crippen LogP) is 1.66. The molecule has 1 aromatic rings. The van der Waals surface area contributed by atoms with Gasteiger partial charge in [-0.05, 0) is 24.4 Å². The van der Waals surface area contributed by atoms with Gasteiger partial charge in [0.25, 0.3) is 0 Å². The van der Waals surface area contributed by atoms with Gasteiger partial charge in [-0.3, -0.25) is 14.4 Å². The van der Waals surface area contributed by atoms with Crippen LogP contribution in [0.1, 0.15) is 57.4 Å². The topological polar surface area (TPSA) is 117 Å². The van der Waals surface area contributed by atoms with Gasteiger partial charge in [0.2, 0.25) is 11.8 Å². The number of nitrogens with one attached hydrogen (secondary N) is 3. The highest BCUT2D eigenvalue weighted by Crippen LogP contribution is 2.27. The number of amides is 2. The average molecular weight is 448 g/mol. The number of aliphatic hydroxyl groups excluding tert-OH is 1. The highest BCUT2D eigenvalue weighted by atomic mass is 16.5. The second-order valence-corrected chi connectivity index (χ2v) is 8.38. The molecule has 0 heterocycles. The van der Waals surface area contributed by atoms with E-state index in [4.69, 9.17) is 4.74 Å². The maximum atomic E-state index is 12.9. The van der Waals surface area contributed by atoms with Crippen molar-refractivity contribution in [2.75, 3.05) is 19.7 Å². The summed E-state index contributed by atoms with van der Waals surface area (Å²) in [6.07, 6.45) is 6.19. The van der Waals surface area contributed by atoms with Gasteiger partial charge < -0.3 is 25.8 Å². The van der Waals surface area contributed by atoms with Crippen LogP contribution in [0.5, 0.6) is 0 Å². The Bertz CT molecular complexity index is 707. The number of hydrogen-bond donors (Lipinski definition) is 4. The van der Waals surface area contributed by atoms with Crippen LogP contribution in [0.2, 0.25) is 0 Å². The number of ether oxygens (including phenoxy) is 1. The summed E-state index contributed by atoms with van der Waals surface area (Å²) in [5.74, 6) is -0.971. The fourth-order valence-corrected chi connectivity index (χ4v) is 3.96. The number of carbonyl (C=O) groups excluding carboxylic acids is 3. The molecule has 0 bridgehead atoms. The van der Waals surface area contributed by atoms with Gasteiger partial charge in [0.05, 0.1) is 25.6 Å². The van der Waals surface area contributed by atoms with Crippen molar-refractivity contribution >= 4 is 17.8 Å². The Labute approximate surface area is 190 Å². The third kappa shape index (κ3) is 9.78. The van der Waals surface area contributed by atoms with E-state index in [2.05, 4.69) is 16.0 Å². The Hall–Kier alpha value is -2.45. The third-order valence-corrected chi connectivity index (χ3v) is 5.71. The van der Waals surface area contributed by atoms with Gasteiger partial charge in [-0.2, -0.15) is 0 Å². The second kappa shape index (κ2) is 14.6. The van der Waals surface area contributed by atoms with E-state index in [1.54, 1.807) is 0 Å². The lowest BCUT2D eigenvalue weighted by molar-refractivity contribution is -0.147. The molecule has 0 saturated heterocycles. The molecule has 2 atom stereocenters. The summed E-state index contributed by atoms with van der Waals surface area (Å²) in [4.78, 5) is 37.5. The van der Waals surface area contributed by atoms with E-state index in [1.165, 1.54) is 19.3 Å². The zero-order valence-corrected chi connectivity index (χ0v) is 19.0. The monoisotopic (exact) mass is 447 g/mol. The van der Waals surface area contributed by atoms with Crippen molar-refractivity contribution in [3.8, 4) is 0 Å². The minimum Gasteiger partial charge on any atom is -0.461 e. The SMILES string of the molecule is CCNCC(=O)N[C@@H](CC(=O)OCc1ccccc1)C(=O)N[C@H](CO)CC1CCCCC1. The van der Waals surface area contributed by atoms with Gasteiger partial charge in [-0.25, -0.2) is 0 Å². The Morgan fingerprint density at radius 1 is 1.09 bits per heavy atom. The Balaban J connectivity index is 1.94. The summed E-state index contributed by atoms with van der Waals surface area (Å²) in [6.45, 7) is 2.44. The fourth-order valence-electron chi connectivity index (χ4n) is 3.96. The first-order valence-corrected chi connectivity index (χ1v) is 11.6. The summed E-state index contributed by atoms with van der Waals surface area (Å²) in [7, 11) is 0. The summed E-state index contributed by atoms with van der Waals surface area (Å²) >= 11 is 0. The van der Waals surface area contributed by atoms with E-state index < -0.39 is 24.0 Å². The molecule has 0 aromatic heterocycles. The summed E-state index contributed by atoms with van der Waals surface area (Å²) in [6, 6.07) is 7.78. The molecule has 1 aliphatic carbocycles. The Kier molecular flexibility index (Phi) is 11.8. The molecule has 0 radical (unpaired) electrons. The Morgan fingerprint density at radius 2 is 1.81 bits per heavy atom. The van der Waals surface area contributed by atoms with Crippen molar-refractivity contribution in [1.82, 2.24) is 16.0 Å². The van der Waals surface area contributed by atoms with E-state index in [0.717, 1.165) is 18.4 Å². The summed E-state index contributed by atoms with van der Waals surface area (Å²) in [5.41, 5.74) is 0.839. The molecule has 8 nitrogen and oxygen atoms in total. The van der Waals surface area contributed by atoms with E-state index in [1.807, 2.05) is 37.3 Å². The van der Waals surface area contributed by atoms with Crippen LogP contribution in [0.4, 0.5) is 0 Å². The first-order valence-electron chi connectivity index (χ1n) is 11.6. The molecule has 1 aliphatic rings. The maximum Gasteiger partial charge on any atom is 0.308 e. The third-order valence-electron chi connectivity index (χ3n) is 5.71. The molecule has 0 aliphatic heterocycles. The molecule has 1 saturated carbocycles. The molecule has 1 fully saturated rings. The van der Waals surface area contributed by atoms with E-state index in [-0.39, 0.29) is 32.1 Å². The zero-order valence-electron chi connectivity index (χ0n) is 19.0. The van der Waals surface area contributed by atoms with Crippen LogP contribution in [-0.2, 0) is 25.7 Å². The Morgan fingerprint density at radius 3 is 2.47 bits per heavy atom. The number of benzene rings is 1. The van der Waals surface area contributed by atoms with Crippen LogP contribution >= 0.6 is 0 Å². The lowest BCUT2D eigenvalue weighted by Crippen LogP contribution is -2.53. The first-order chi connectivity index (χ1) is 15.5. The van der Waals surface area contributed by atoms with Crippen molar-refractivity contribution in [1.29, 1.82) is 0 Å². The first kappa shape index (κ1) is 25.8. The molecule has 2 amide bonds. The van der Waals surface area contributed by atoms with E-state index >= 15 is 0 Å². The highest BCUT2D eigenvalue weighted by Gasteiger charge is 2.27. The standard InChI is InChI=1S/C24H37N3O5/c1-2-25-15-22(29)27-21(14-23(30)32-17-19-11-7-4-8-12-19)24(31)26-20(16-28)13-18-9-5-3-6-10-18/h4,7-8,11-12,18,20-21,25,28H,2-3,5-6,9-10,13-17H2,1H3,(H,26,31)(H,27,29)/t20-,21-/m0/s1. The lowest BCUT2D eigenvalue weighted by atomic mass is 9.85. The van der Waals surface area contributed by atoms with Crippen LogP contribution in [-0.4, -0.2) is 54.7 Å². The molecule has 8 heteroatoms. The molecule has 178 valence electrons. The van der Waals surface area contributed by atoms with Gasteiger partial charge in [-0.15, -0.1) is 0 Å². The lowest BCUT2D eigenvalue weighted by Gasteiger charge is -2.27. The molecular formula is C24H37N3O5. The maximum absolute atomic E-state index is 12.9. The molecule has 4 N–H and O–H groups in total. The van der Waals surface area contributed by atoms with Crippen LogP contribution in [0.15, 0.2) is 30.3 Å². The molecule has 0 unspecified atom stereocenters. The van der Waals surface area contributed by atoms with Crippen molar-refractivity contribution in [2.24, 2.45) is 5.92 Å². The number of likely N-dealkylation sites (N-methyl/N-ethyl adjacent to an activating group) is 1. The van der Waals surface area contributed by atoms with Crippen LogP contribution in [0.25, 0.3) is 0 Å². The van der Waals surface area contributed by atoms with Gasteiger partial charge in [0.1, 0.15) is 12.6 Å². The van der Waals surface area contributed by atoms with Crippen LogP contribution in [0, 0.1) is 5.92 Å². The number of aliphatic hydroxyl groups is 1. The normalized spacial score (nSPS) is 16.1. The van der Waals surface area contributed by atoms with Crippen molar-refractivity contribution in [3.05, 3.63) is 35.9 Å². The smallest absolute Gasteiger partial charge is 0.308 e. The molecule has 0 spiro atoms. The molecule has 1 aromatic carbocycles. The minimum atomic E-state index is -1.06. The van der Waals surface area contributed by atoms with E-state index in [0.29, 0.717) is 18.9 Å². The van der Waals surface area contributed by atoms with Crippen molar-refractivity contribution in [2.45, 2.75) is 70.6 Å². The number of hydrogen-bond acceptors (Lipinski definition) is 6. The zero-order chi connectivity index (χ0) is 23.2. The van der Waals surface area contributed by atoms with Crippen LogP contribution < -0.4 is 16.0 Å². The fraction of sp³-hybridized carbons (Fsp3) is 0.625. The van der Waals surface area contributed by atoms with Crippen molar-refractivity contribution in [3.63, 3.8) is 0 Å². The van der Waals surface area contributed by atoms with Gasteiger partial charge in [0, 0.05) is 0 Å². The largest absolute Gasteiger partial charge is 0.461 e. The molecule has 2 rings (SSSR count). The van der Waals surface area contributed by atoms with Gasteiger partial charge in [-0.1, -0.05) is 69.4 Å². The predicted molar refractivity (Wildman–Crippen MR) is 122 cm³/mol. The van der Waals surface area contributed by atoms with Gasteiger partial charge >= 0.3 is 5.97 Å². The van der Waals surface area contributed by atoms with Crippen LogP contribution in [0.3, 0.4) is 0 Å². The number of esters is 1. The van der Waals surface area contributed by atoms with Gasteiger partial charge in [0.15, 0.2) is 0 Å². The number of carbonyl (C=O) groups is 3. The molecular weight excluding hydrogens is 410 g/mol. The second-order valence-electron chi connectivity index (χ2n) is 8.38. The quantitative estimate of drug-likeness (QED) is 0.342. The molecule has 32 heavy (non-hydrogen) atoms. The average Bonchev–Trinajstić information content (AvgIpc) is 2.81. The highest BCUT2D eigenvalue weighted by molar-refractivity contribution is 5.91. The summed E-state index contributed by atoms with van der Waals surface area (Å²) < 4.78 is 5.29. The summed E-state index contributed by atoms with van der Waals surface area (Å²) in [5, 5.41) is 18.1. The minimum absolute atomic E-state index is 0.0465. The number of rotatable bonds is 13. The van der Waals surface area contributed by atoms with E-state index in [9.17, 15) is 19.5 Å². The van der Waals surface area contributed by atoms with Crippen molar-refractivity contribution < 1.29 is 24.2 Å².